The maximum atomic E-state index is 14.6. The number of fused-ring (bicyclic) bond motifs is 3. The molecular formula is C29H24Cl2FN3O3S. The van der Waals surface area contributed by atoms with Gasteiger partial charge in [0.2, 0.25) is 0 Å². The first kappa shape index (κ1) is 25.4. The highest BCUT2D eigenvalue weighted by Crippen LogP contribution is 2.54. The van der Waals surface area contributed by atoms with E-state index in [4.69, 9.17) is 32.5 Å². The Morgan fingerprint density at radius 3 is 2.54 bits per heavy atom. The minimum atomic E-state index is -1.15. The van der Waals surface area contributed by atoms with Gasteiger partial charge in [0.15, 0.2) is 5.82 Å². The second kappa shape index (κ2) is 9.53. The van der Waals surface area contributed by atoms with Gasteiger partial charge in [0.1, 0.15) is 27.6 Å². The van der Waals surface area contributed by atoms with Crippen LogP contribution in [0.4, 0.5) is 4.39 Å². The molecule has 2 heterocycles. The van der Waals surface area contributed by atoms with E-state index in [0.29, 0.717) is 56.4 Å². The molecule has 0 aliphatic heterocycles. The van der Waals surface area contributed by atoms with Gasteiger partial charge in [0, 0.05) is 17.0 Å². The average molecular weight is 585 g/mol. The Bertz CT molecular complexity index is 1610. The predicted octanol–water partition coefficient (Wildman–Crippen LogP) is 7.74. The highest BCUT2D eigenvalue weighted by Gasteiger charge is 2.51. The monoisotopic (exact) mass is 583 g/mol. The lowest BCUT2D eigenvalue weighted by atomic mass is 9.76. The lowest BCUT2D eigenvalue weighted by Crippen LogP contribution is -2.42. The predicted molar refractivity (Wildman–Crippen MR) is 146 cm³/mol. The molecular weight excluding hydrogens is 560 g/mol. The molecule has 1 unspecified atom stereocenters. The molecule has 0 radical (unpaired) electrons. The van der Waals surface area contributed by atoms with Gasteiger partial charge in [-0.2, -0.15) is 5.26 Å². The number of halogens is 3. The van der Waals surface area contributed by atoms with Crippen molar-refractivity contribution in [2.45, 2.75) is 62.8 Å². The van der Waals surface area contributed by atoms with Gasteiger partial charge in [-0.1, -0.05) is 34.4 Å². The molecule has 3 saturated carbocycles. The van der Waals surface area contributed by atoms with E-state index in [-0.39, 0.29) is 29.0 Å². The normalized spacial score (nSPS) is 26.3. The number of hydrogen-bond acceptors (Lipinski definition) is 7. The summed E-state index contributed by atoms with van der Waals surface area (Å²) in [6.45, 7) is 0.325. The van der Waals surface area contributed by atoms with Crippen molar-refractivity contribution >= 4 is 44.8 Å². The van der Waals surface area contributed by atoms with Crippen molar-refractivity contribution in [3.63, 3.8) is 0 Å². The molecule has 39 heavy (non-hydrogen) atoms. The third kappa shape index (κ3) is 4.36. The van der Waals surface area contributed by atoms with Crippen molar-refractivity contribution in [2.75, 3.05) is 0 Å². The smallest absolute Gasteiger partial charge is 0.151 e. The molecule has 0 amide bonds. The maximum Gasteiger partial charge on any atom is 0.151 e. The maximum absolute atomic E-state index is 14.6. The molecule has 2 aromatic carbocycles. The van der Waals surface area contributed by atoms with E-state index in [9.17, 15) is 14.8 Å². The molecule has 0 spiro atoms. The fourth-order valence-corrected chi connectivity index (χ4v) is 8.16. The zero-order valence-electron chi connectivity index (χ0n) is 20.8. The zero-order chi connectivity index (χ0) is 26.9. The van der Waals surface area contributed by atoms with Gasteiger partial charge in [-0.15, -0.1) is 11.3 Å². The Kier molecular flexibility index (Phi) is 6.22. The number of aliphatic hydroxyl groups is 1. The van der Waals surface area contributed by atoms with Crippen LogP contribution in [0.1, 0.15) is 66.3 Å². The van der Waals surface area contributed by atoms with Crippen LogP contribution in [0, 0.1) is 29.0 Å². The van der Waals surface area contributed by atoms with Crippen molar-refractivity contribution < 1.29 is 18.8 Å². The third-order valence-corrected chi connectivity index (χ3v) is 10.2. The average Bonchev–Trinajstić information content (AvgIpc) is 3.42. The molecule has 7 rings (SSSR count). The second-order valence-electron chi connectivity index (χ2n) is 11.0. The number of thiazole rings is 1. The number of hydrogen-bond donors (Lipinski definition) is 1. The molecule has 2 aromatic heterocycles. The van der Waals surface area contributed by atoms with Gasteiger partial charge < -0.3 is 14.4 Å². The van der Waals surface area contributed by atoms with E-state index in [1.54, 1.807) is 24.3 Å². The van der Waals surface area contributed by atoms with Crippen LogP contribution in [0.5, 0.6) is 0 Å². The molecule has 4 atom stereocenters. The number of rotatable bonds is 6. The van der Waals surface area contributed by atoms with Gasteiger partial charge in [-0.25, -0.2) is 9.37 Å². The summed E-state index contributed by atoms with van der Waals surface area (Å²) in [7, 11) is 0. The van der Waals surface area contributed by atoms with Gasteiger partial charge in [0.25, 0.3) is 0 Å². The third-order valence-electron chi connectivity index (χ3n) is 8.40. The van der Waals surface area contributed by atoms with Crippen molar-refractivity contribution in [1.29, 1.82) is 5.26 Å². The Hall–Kier alpha value is -2.54. The zero-order valence-corrected chi connectivity index (χ0v) is 23.1. The summed E-state index contributed by atoms with van der Waals surface area (Å²) in [5, 5.41) is 26.8. The van der Waals surface area contributed by atoms with E-state index in [2.05, 4.69) is 10.1 Å². The van der Waals surface area contributed by atoms with E-state index in [1.165, 1.54) is 17.4 Å². The summed E-state index contributed by atoms with van der Waals surface area (Å²) in [5.41, 5.74) is 1.47. The van der Waals surface area contributed by atoms with Crippen LogP contribution in [0.15, 0.2) is 34.9 Å². The molecule has 3 aliphatic carbocycles. The molecule has 2 bridgehead atoms. The summed E-state index contributed by atoms with van der Waals surface area (Å²) in [6.07, 6.45) is 4.94. The molecule has 10 heteroatoms. The van der Waals surface area contributed by atoms with Crippen LogP contribution in [0.25, 0.3) is 21.5 Å². The van der Waals surface area contributed by atoms with Crippen molar-refractivity contribution in [3.8, 4) is 17.3 Å². The molecule has 3 fully saturated rings. The SMILES string of the molecule is N#Cc1cc(F)c2nc(C3(O)C[C@H]4CC[C@@H](C3)[C@H]4OCc3c(-c4c(Cl)cccc4Cl)noc3C3CC3)sc2c1. The van der Waals surface area contributed by atoms with E-state index < -0.39 is 11.4 Å². The molecule has 1 N–H and O–H groups in total. The molecule has 200 valence electrons. The van der Waals surface area contributed by atoms with E-state index in [1.807, 2.05) is 6.07 Å². The van der Waals surface area contributed by atoms with Crippen molar-refractivity contribution in [3.05, 3.63) is 68.1 Å². The van der Waals surface area contributed by atoms with Gasteiger partial charge in [-0.05, 0) is 74.6 Å². The van der Waals surface area contributed by atoms with Gasteiger partial charge >= 0.3 is 0 Å². The minimum absolute atomic E-state index is 0.0295. The van der Waals surface area contributed by atoms with Crippen LogP contribution in [-0.4, -0.2) is 21.4 Å². The van der Waals surface area contributed by atoms with E-state index >= 15 is 0 Å². The Labute approximate surface area is 238 Å². The molecule has 4 aromatic rings. The summed E-state index contributed by atoms with van der Waals surface area (Å²) >= 11 is 14.3. The first-order chi connectivity index (χ1) is 18.8. The highest BCUT2D eigenvalue weighted by molar-refractivity contribution is 7.18. The van der Waals surface area contributed by atoms with Crippen LogP contribution < -0.4 is 0 Å². The number of benzene rings is 2. The number of nitriles is 1. The number of aromatic nitrogens is 2. The van der Waals surface area contributed by atoms with Crippen LogP contribution >= 0.6 is 34.5 Å². The molecule has 0 saturated heterocycles. The quantitative estimate of drug-likeness (QED) is 0.249. The second-order valence-corrected chi connectivity index (χ2v) is 12.8. The van der Waals surface area contributed by atoms with Crippen LogP contribution in [0.3, 0.4) is 0 Å². The van der Waals surface area contributed by atoms with Crippen LogP contribution in [-0.2, 0) is 16.9 Å². The van der Waals surface area contributed by atoms with Crippen molar-refractivity contribution in [2.24, 2.45) is 11.8 Å². The highest BCUT2D eigenvalue weighted by atomic mass is 35.5. The van der Waals surface area contributed by atoms with Crippen molar-refractivity contribution in [1.82, 2.24) is 10.1 Å². The summed E-state index contributed by atoms with van der Waals surface area (Å²) in [6, 6.07) is 10.2. The largest absolute Gasteiger partial charge is 0.383 e. The minimum Gasteiger partial charge on any atom is -0.383 e. The number of nitrogens with zero attached hydrogens (tertiary/aromatic N) is 3. The first-order valence-electron chi connectivity index (χ1n) is 13.1. The Morgan fingerprint density at radius 1 is 1.15 bits per heavy atom. The Balaban J connectivity index is 1.14. The Morgan fingerprint density at radius 2 is 1.87 bits per heavy atom. The standard InChI is InChI=1S/C29H24Cl2FN3O3S/c30-19-2-1-3-20(31)23(19)24-18(27(38-35-24)15-4-5-15)13-37-26-16-6-7-17(26)11-29(36,10-16)28-34-25-21(32)8-14(12-33)9-22(25)39-28/h1-3,8-9,15-17,26,36H,4-7,10-11,13H2/t16-,17+,26+,29?. The van der Waals surface area contributed by atoms with Crippen LogP contribution in [0.2, 0.25) is 10.0 Å². The first-order valence-corrected chi connectivity index (χ1v) is 14.7. The number of ether oxygens (including phenoxy) is 1. The summed E-state index contributed by atoms with van der Waals surface area (Å²) in [4.78, 5) is 4.49. The molecule has 6 nitrogen and oxygen atoms in total. The van der Waals surface area contributed by atoms with Gasteiger partial charge in [-0.3, -0.25) is 0 Å². The lowest BCUT2D eigenvalue weighted by Gasteiger charge is -2.40. The molecule has 3 aliphatic rings. The van der Waals surface area contributed by atoms with E-state index in [0.717, 1.165) is 37.0 Å². The summed E-state index contributed by atoms with van der Waals surface area (Å²) in [5.74, 6) is 0.910. The lowest BCUT2D eigenvalue weighted by molar-refractivity contribution is -0.105. The topological polar surface area (TPSA) is 92.2 Å². The van der Waals surface area contributed by atoms with Gasteiger partial charge in [0.05, 0.1) is 39.1 Å². The fraction of sp³-hybridized carbons (Fsp3) is 0.414. The fourth-order valence-electron chi connectivity index (χ4n) is 6.46. The summed E-state index contributed by atoms with van der Waals surface area (Å²) < 4.78 is 27.5.